The van der Waals surface area contributed by atoms with Crippen molar-refractivity contribution in [2.24, 2.45) is 0 Å². The van der Waals surface area contributed by atoms with Crippen molar-refractivity contribution in [2.45, 2.75) is 0 Å². The summed E-state index contributed by atoms with van der Waals surface area (Å²) >= 11 is 5.99. The van der Waals surface area contributed by atoms with E-state index in [4.69, 9.17) is 23.1 Å². The highest BCUT2D eigenvalue weighted by molar-refractivity contribution is 6.33. The molecule has 0 bridgehead atoms. The number of benzene rings is 1. The molecule has 0 aliphatic carbocycles. The lowest BCUT2D eigenvalue weighted by Crippen LogP contribution is -2.01. The molecule has 8 heteroatoms. The first kappa shape index (κ1) is 11.7. The Hall–Kier alpha value is -2.41. The van der Waals surface area contributed by atoms with Crippen molar-refractivity contribution >= 4 is 29.0 Å². The van der Waals surface area contributed by atoms with Crippen LogP contribution in [0.15, 0.2) is 24.4 Å². The molecule has 19 heavy (non-hydrogen) atoms. The summed E-state index contributed by atoms with van der Waals surface area (Å²) in [4.78, 5) is 4.17. The second kappa shape index (κ2) is 4.06. The number of fused-ring (bicyclic) bond motifs is 1. The third-order valence-electron chi connectivity index (χ3n) is 2.65. The number of anilines is 2. The van der Waals surface area contributed by atoms with E-state index < -0.39 is 5.82 Å². The Balaban J connectivity index is 2.27. The summed E-state index contributed by atoms with van der Waals surface area (Å²) in [5, 5.41) is 7.74. The molecular formula is C11H8ClFN6. The van der Waals surface area contributed by atoms with Gasteiger partial charge in [0.05, 0.1) is 10.7 Å². The van der Waals surface area contributed by atoms with Gasteiger partial charge in [-0.15, -0.1) is 10.2 Å². The van der Waals surface area contributed by atoms with Crippen molar-refractivity contribution < 1.29 is 4.39 Å². The maximum absolute atomic E-state index is 13.0. The van der Waals surface area contributed by atoms with Gasteiger partial charge in [-0.3, -0.25) is 4.40 Å². The monoisotopic (exact) mass is 278 g/mol. The van der Waals surface area contributed by atoms with Crippen LogP contribution in [0.25, 0.3) is 16.9 Å². The maximum Gasteiger partial charge on any atom is 0.226 e. The smallest absolute Gasteiger partial charge is 0.226 e. The van der Waals surface area contributed by atoms with Gasteiger partial charge < -0.3 is 11.5 Å². The third kappa shape index (κ3) is 1.84. The molecule has 0 unspecified atom stereocenters. The molecule has 0 fully saturated rings. The number of aromatic nitrogens is 4. The molecule has 96 valence electrons. The Morgan fingerprint density at radius 2 is 2.00 bits per heavy atom. The minimum Gasteiger partial charge on any atom is -0.381 e. The van der Waals surface area contributed by atoms with Crippen LogP contribution in [0, 0.1) is 5.82 Å². The number of nitrogen functional groups attached to an aromatic ring is 2. The molecule has 0 aliphatic heterocycles. The zero-order valence-electron chi connectivity index (χ0n) is 9.51. The van der Waals surface area contributed by atoms with Gasteiger partial charge in [0.15, 0.2) is 5.82 Å². The topological polar surface area (TPSA) is 95.1 Å². The van der Waals surface area contributed by atoms with E-state index in [0.717, 1.165) is 0 Å². The van der Waals surface area contributed by atoms with E-state index >= 15 is 0 Å². The SMILES string of the molecule is Nc1nc(-c2ccc(F)cc2Cl)cn2c(N)nnc12. The largest absolute Gasteiger partial charge is 0.381 e. The molecule has 1 aromatic carbocycles. The van der Waals surface area contributed by atoms with Crippen LogP contribution < -0.4 is 11.5 Å². The lowest BCUT2D eigenvalue weighted by atomic mass is 10.1. The Bertz CT molecular complexity index is 784. The van der Waals surface area contributed by atoms with Crippen molar-refractivity contribution in [3.05, 3.63) is 35.2 Å². The average Bonchev–Trinajstić information content (AvgIpc) is 2.72. The molecule has 4 N–H and O–H groups in total. The molecule has 0 aliphatic rings. The minimum atomic E-state index is -0.424. The first-order valence-electron chi connectivity index (χ1n) is 5.28. The molecule has 6 nitrogen and oxygen atoms in total. The van der Waals surface area contributed by atoms with E-state index in [2.05, 4.69) is 15.2 Å². The van der Waals surface area contributed by atoms with Crippen LogP contribution in [0.5, 0.6) is 0 Å². The predicted octanol–water partition coefficient (Wildman–Crippen LogP) is 1.75. The standard InChI is InChI=1S/C11H8ClFN6/c12-7-3-5(13)1-2-6(7)8-4-19-10(9(14)16-8)17-18-11(19)15/h1-4H,(H2,14,16)(H2,15,18). The highest BCUT2D eigenvalue weighted by Crippen LogP contribution is 2.28. The Morgan fingerprint density at radius 3 is 2.74 bits per heavy atom. The fraction of sp³-hybridized carbons (Fsp3) is 0. The van der Waals surface area contributed by atoms with E-state index in [1.807, 2.05) is 0 Å². The van der Waals surface area contributed by atoms with Crippen LogP contribution in [0.3, 0.4) is 0 Å². The first-order chi connectivity index (χ1) is 9.06. The molecule has 2 heterocycles. The Labute approximate surface area is 111 Å². The second-order valence-corrected chi connectivity index (χ2v) is 4.29. The van der Waals surface area contributed by atoms with Crippen LogP contribution >= 0.6 is 11.6 Å². The van der Waals surface area contributed by atoms with E-state index in [1.54, 1.807) is 6.20 Å². The average molecular weight is 279 g/mol. The van der Waals surface area contributed by atoms with Gasteiger partial charge in [0.25, 0.3) is 0 Å². The molecule has 0 amide bonds. The molecule has 0 spiro atoms. The van der Waals surface area contributed by atoms with Crippen molar-refractivity contribution in [1.29, 1.82) is 0 Å². The van der Waals surface area contributed by atoms with Gasteiger partial charge in [0.1, 0.15) is 5.82 Å². The minimum absolute atomic E-state index is 0.169. The zero-order valence-corrected chi connectivity index (χ0v) is 10.3. The summed E-state index contributed by atoms with van der Waals surface area (Å²) in [7, 11) is 0. The summed E-state index contributed by atoms with van der Waals surface area (Å²) in [6.07, 6.45) is 1.60. The molecule has 0 radical (unpaired) electrons. The number of rotatable bonds is 1. The normalized spacial score (nSPS) is 11.1. The van der Waals surface area contributed by atoms with Crippen molar-refractivity contribution in [3.63, 3.8) is 0 Å². The molecular weight excluding hydrogens is 271 g/mol. The van der Waals surface area contributed by atoms with Crippen molar-refractivity contribution in [3.8, 4) is 11.3 Å². The van der Waals surface area contributed by atoms with Gasteiger partial charge in [-0.05, 0) is 18.2 Å². The van der Waals surface area contributed by atoms with Gasteiger partial charge in [-0.2, -0.15) is 0 Å². The molecule has 3 aromatic rings. The van der Waals surface area contributed by atoms with Crippen LogP contribution in [-0.2, 0) is 0 Å². The quantitative estimate of drug-likeness (QED) is 0.707. The zero-order chi connectivity index (χ0) is 13.6. The van der Waals surface area contributed by atoms with Crippen LogP contribution in [-0.4, -0.2) is 19.6 Å². The third-order valence-corrected chi connectivity index (χ3v) is 2.96. The lowest BCUT2D eigenvalue weighted by molar-refractivity contribution is 0.628. The lowest BCUT2D eigenvalue weighted by Gasteiger charge is -2.06. The number of hydrogen-bond acceptors (Lipinski definition) is 5. The second-order valence-electron chi connectivity index (χ2n) is 3.89. The molecule has 0 saturated heterocycles. The summed E-state index contributed by atoms with van der Waals surface area (Å²) in [6, 6.07) is 4.01. The first-order valence-corrected chi connectivity index (χ1v) is 5.66. The fourth-order valence-electron chi connectivity index (χ4n) is 1.76. The summed E-state index contributed by atoms with van der Waals surface area (Å²) < 4.78 is 14.5. The Morgan fingerprint density at radius 1 is 1.21 bits per heavy atom. The highest BCUT2D eigenvalue weighted by atomic mass is 35.5. The van der Waals surface area contributed by atoms with E-state index in [0.29, 0.717) is 16.9 Å². The van der Waals surface area contributed by atoms with Gasteiger partial charge in [-0.1, -0.05) is 11.6 Å². The molecule has 0 saturated carbocycles. The summed E-state index contributed by atoms with van der Waals surface area (Å²) in [5.74, 6) is -0.0720. The van der Waals surface area contributed by atoms with Gasteiger partial charge in [0.2, 0.25) is 11.6 Å². The molecule has 2 aromatic heterocycles. The van der Waals surface area contributed by atoms with Crippen LogP contribution in [0.4, 0.5) is 16.2 Å². The van der Waals surface area contributed by atoms with Crippen LogP contribution in [0.1, 0.15) is 0 Å². The molecule has 0 atom stereocenters. The highest BCUT2D eigenvalue weighted by Gasteiger charge is 2.12. The maximum atomic E-state index is 13.0. The van der Waals surface area contributed by atoms with Gasteiger partial charge in [-0.25, -0.2) is 9.37 Å². The predicted molar refractivity (Wildman–Crippen MR) is 70.0 cm³/mol. The van der Waals surface area contributed by atoms with E-state index in [-0.39, 0.29) is 16.8 Å². The summed E-state index contributed by atoms with van der Waals surface area (Å²) in [5.41, 5.74) is 12.8. The number of nitrogens with two attached hydrogens (primary N) is 2. The number of halogens is 2. The Kier molecular flexibility index (Phi) is 2.49. The number of nitrogens with zero attached hydrogens (tertiary/aromatic N) is 4. The van der Waals surface area contributed by atoms with E-state index in [9.17, 15) is 4.39 Å². The van der Waals surface area contributed by atoms with Crippen molar-refractivity contribution in [2.75, 3.05) is 11.5 Å². The summed E-state index contributed by atoms with van der Waals surface area (Å²) in [6.45, 7) is 0. The van der Waals surface area contributed by atoms with Crippen LogP contribution in [0.2, 0.25) is 5.02 Å². The van der Waals surface area contributed by atoms with Gasteiger partial charge in [0, 0.05) is 11.8 Å². The van der Waals surface area contributed by atoms with E-state index in [1.165, 1.54) is 22.6 Å². The fourth-order valence-corrected chi connectivity index (χ4v) is 2.03. The molecule has 3 rings (SSSR count). The van der Waals surface area contributed by atoms with Gasteiger partial charge >= 0.3 is 0 Å². The van der Waals surface area contributed by atoms with Crippen molar-refractivity contribution in [1.82, 2.24) is 19.6 Å². The number of hydrogen-bond donors (Lipinski definition) is 2.